The van der Waals surface area contributed by atoms with Crippen LogP contribution < -0.4 is 20.7 Å². The van der Waals surface area contributed by atoms with Crippen molar-refractivity contribution in [1.82, 2.24) is 16.0 Å². The van der Waals surface area contributed by atoms with Crippen molar-refractivity contribution in [1.29, 1.82) is 0 Å². The van der Waals surface area contributed by atoms with Crippen molar-refractivity contribution in [2.24, 2.45) is 10.4 Å². The van der Waals surface area contributed by atoms with Crippen LogP contribution in [0.3, 0.4) is 0 Å². The molecule has 1 amide bonds. The zero-order valence-corrected chi connectivity index (χ0v) is 17.7. The Balaban J connectivity index is 0.00000576. The Kier molecular flexibility index (Phi) is 10.4. The van der Waals surface area contributed by atoms with Crippen LogP contribution in [0.2, 0.25) is 0 Å². The molecule has 0 bridgehead atoms. The summed E-state index contributed by atoms with van der Waals surface area (Å²) in [5.41, 5.74) is -0.553. The van der Waals surface area contributed by atoms with Gasteiger partial charge >= 0.3 is 0 Å². The van der Waals surface area contributed by atoms with Gasteiger partial charge in [-0.15, -0.1) is 24.0 Å². The van der Waals surface area contributed by atoms with Crippen LogP contribution in [0.5, 0.6) is 5.75 Å². The van der Waals surface area contributed by atoms with Crippen LogP contribution in [0.15, 0.2) is 29.3 Å². The van der Waals surface area contributed by atoms with Crippen molar-refractivity contribution in [2.45, 2.75) is 26.9 Å². The molecule has 0 aromatic heterocycles. The minimum absolute atomic E-state index is 0. The van der Waals surface area contributed by atoms with Crippen molar-refractivity contribution in [3.05, 3.63) is 30.1 Å². The van der Waals surface area contributed by atoms with Crippen molar-refractivity contribution >= 4 is 35.8 Å². The molecule has 0 radical (unpaired) electrons. The molecule has 1 unspecified atom stereocenters. The first-order valence-electron chi connectivity index (χ1n) is 7.87. The first-order valence-corrected chi connectivity index (χ1v) is 7.87. The number of hydrogen-bond donors (Lipinski definition) is 3. The summed E-state index contributed by atoms with van der Waals surface area (Å²) in [5.74, 6) is 0.853. The molecule has 0 fully saturated rings. The number of aliphatic imine (C=N–C) groups is 1. The molecule has 142 valence electrons. The monoisotopic (exact) mass is 466 g/mol. The van der Waals surface area contributed by atoms with Gasteiger partial charge in [-0.05, 0) is 45.0 Å². The molecule has 3 N–H and O–H groups in total. The smallest absolute Gasteiger partial charge is 0.227 e. The normalized spacial score (nSPS) is 12.6. The lowest BCUT2D eigenvalue weighted by Gasteiger charge is -2.24. The summed E-state index contributed by atoms with van der Waals surface area (Å²) >= 11 is 0. The van der Waals surface area contributed by atoms with E-state index in [0.717, 1.165) is 0 Å². The molecular formula is C17H28FIN4O2. The van der Waals surface area contributed by atoms with E-state index < -0.39 is 5.41 Å². The van der Waals surface area contributed by atoms with E-state index in [1.165, 1.54) is 12.1 Å². The van der Waals surface area contributed by atoms with E-state index in [4.69, 9.17) is 4.74 Å². The van der Waals surface area contributed by atoms with Crippen LogP contribution in [-0.2, 0) is 4.79 Å². The number of nitrogens with one attached hydrogen (secondary N) is 3. The largest absolute Gasteiger partial charge is 0.489 e. The molecule has 0 saturated heterocycles. The third-order valence-corrected chi connectivity index (χ3v) is 3.47. The van der Waals surface area contributed by atoms with E-state index in [1.807, 2.05) is 20.8 Å². The molecule has 8 heteroatoms. The standard InChI is InChI=1S/C17H27FN4O2.HI/c1-12(24-14-8-6-13(18)7-9-14)10-21-16(20-5)22-11-17(2,3)15(23)19-4;/h6-9,12H,10-11H2,1-5H3,(H,19,23)(H2,20,21,22);1H. The molecule has 25 heavy (non-hydrogen) atoms. The van der Waals surface area contributed by atoms with E-state index in [0.29, 0.717) is 24.8 Å². The molecule has 0 saturated carbocycles. The number of rotatable bonds is 7. The zero-order valence-electron chi connectivity index (χ0n) is 15.4. The first kappa shape index (κ1) is 23.4. The summed E-state index contributed by atoms with van der Waals surface area (Å²) in [4.78, 5) is 15.9. The Morgan fingerprint density at radius 1 is 1.28 bits per heavy atom. The van der Waals surface area contributed by atoms with Crippen LogP contribution in [0.1, 0.15) is 20.8 Å². The second-order valence-corrected chi connectivity index (χ2v) is 6.15. The number of benzene rings is 1. The number of nitrogens with zero attached hydrogens (tertiary/aromatic N) is 1. The topological polar surface area (TPSA) is 74.8 Å². The molecule has 0 spiro atoms. The van der Waals surface area contributed by atoms with Gasteiger partial charge in [-0.25, -0.2) is 4.39 Å². The fourth-order valence-electron chi connectivity index (χ4n) is 1.97. The molecule has 1 atom stereocenters. The number of carbonyl (C=O) groups excluding carboxylic acids is 1. The molecule has 0 heterocycles. The Labute approximate surface area is 166 Å². The molecule has 0 aliphatic carbocycles. The lowest BCUT2D eigenvalue weighted by molar-refractivity contribution is -0.128. The predicted molar refractivity (Wildman–Crippen MR) is 109 cm³/mol. The molecule has 0 aliphatic heterocycles. The van der Waals surface area contributed by atoms with Crippen LogP contribution in [0.4, 0.5) is 4.39 Å². The number of halogens is 2. The minimum Gasteiger partial charge on any atom is -0.489 e. The Morgan fingerprint density at radius 2 is 1.88 bits per heavy atom. The highest BCUT2D eigenvalue weighted by Gasteiger charge is 2.26. The highest BCUT2D eigenvalue weighted by atomic mass is 127. The van der Waals surface area contributed by atoms with Crippen LogP contribution in [-0.4, -0.2) is 45.2 Å². The number of carbonyl (C=O) groups is 1. The first-order chi connectivity index (χ1) is 11.3. The van der Waals surface area contributed by atoms with Crippen molar-refractivity contribution in [2.75, 3.05) is 27.2 Å². The van der Waals surface area contributed by atoms with E-state index >= 15 is 0 Å². The van der Waals surface area contributed by atoms with Gasteiger partial charge in [0.1, 0.15) is 17.7 Å². The molecular weight excluding hydrogens is 438 g/mol. The van der Waals surface area contributed by atoms with E-state index in [1.54, 1.807) is 26.2 Å². The number of ether oxygens (including phenoxy) is 1. The molecule has 1 aromatic rings. The van der Waals surface area contributed by atoms with Gasteiger partial charge in [0.25, 0.3) is 0 Å². The third-order valence-electron chi connectivity index (χ3n) is 3.47. The summed E-state index contributed by atoms with van der Waals surface area (Å²) < 4.78 is 18.6. The van der Waals surface area contributed by atoms with Crippen molar-refractivity contribution in [3.63, 3.8) is 0 Å². The highest BCUT2D eigenvalue weighted by molar-refractivity contribution is 14.0. The maximum atomic E-state index is 12.9. The SMILES string of the molecule is CN=C(NCC(C)Oc1ccc(F)cc1)NCC(C)(C)C(=O)NC.I. The second kappa shape index (κ2) is 11.1. The van der Waals surface area contributed by atoms with Gasteiger partial charge in [0.15, 0.2) is 5.96 Å². The average Bonchev–Trinajstić information content (AvgIpc) is 2.56. The van der Waals surface area contributed by atoms with Gasteiger partial charge in [0.2, 0.25) is 5.91 Å². The number of amides is 1. The van der Waals surface area contributed by atoms with E-state index in [2.05, 4.69) is 20.9 Å². The lowest BCUT2D eigenvalue weighted by atomic mass is 9.92. The van der Waals surface area contributed by atoms with Gasteiger partial charge in [-0.2, -0.15) is 0 Å². The molecule has 1 aromatic carbocycles. The Morgan fingerprint density at radius 3 is 2.40 bits per heavy atom. The quantitative estimate of drug-likeness (QED) is 0.327. The summed E-state index contributed by atoms with van der Waals surface area (Å²) in [6.07, 6.45) is -0.138. The molecule has 6 nitrogen and oxygen atoms in total. The summed E-state index contributed by atoms with van der Waals surface area (Å²) in [7, 11) is 3.28. The van der Waals surface area contributed by atoms with Crippen LogP contribution >= 0.6 is 24.0 Å². The minimum atomic E-state index is -0.553. The third kappa shape index (κ3) is 8.37. The zero-order chi connectivity index (χ0) is 18.2. The van der Waals surface area contributed by atoms with Gasteiger partial charge in [-0.3, -0.25) is 9.79 Å². The molecule has 0 aliphatic rings. The average molecular weight is 466 g/mol. The van der Waals surface area contributed by atoms with Gasteiger partial charge in [0, 0.05) is 20.6 Å². The Bertz CT molecular complexity index is 564. The predicted octanol–water partition coefficient (Wildman–Crippen LogP) is 2.15. The summed E-state index contributed by atoms with van der Waals surface area (Å²) in [6.45, 7) is 6.56. The van der Waals surface area contributed by atoms with Crippen molar-refractivity contribution in [3.8, 4) is 5.75 Å². The van der Waals surface area contributed by atoms with Crippen molar-refractivity contribution < 1.29 is 13.9 Å². The number of hydrogen-bond acceptors (Lipinski definition) is 3. The molecule has 1 rings (SSSR count). The van der Waals surface area contributed by atoms with Gasteiger partial charge in [-0.1, -0.05) is 0 Å². The van der Waals surface area contributed by atoms with Crippen LogP contribution in [0.25, 0.3) is 0 Å². The van der Waals surface area contributed by atoms with E-state index in [9.17, 15) is 9.18 Å². The maximum Gasteiger partial charge on any atom is 0.227 e. The van der Waals surface area contributed by atoms with Gasteiger partial charge < -0.3 is 20.7 Å². The van der Waals surface area contributed by atoms with Gasteiger partial charge in [0.05, 0.1) is 12.0 Å². The fraction of sp³-hybridized carbons (Fsp3) is 0.529. The van der Waals surface area contributed by atoms with Crippen LogP contribution in [0, 0.1) is 11.2 Å². The summed E-state index contributed by atoms with van der Waals surface area (Å²) in [5, 5.41) is 8.91. The number of guanidine groups is 1. The maximum absolute atomic E-state index is 12.9. The lowest BCUT2D eigenvalue weighted by Crippen LogP contribution is -2.48. The highest BCUT2D eigenvalue weighted by Crippen LogP contribution is 2.13. The van der Waals surface area contributed by atoms with E-state index in [-0.39, 0.29) is 41.8 Å². The fourth-order valence-corrected chi connectivity index (χ4v) is 1.97. The summed E-state index contributed by atoms with van der Waals surface area (Å²) in [6, 6.07) is 5.89. The Hall–Kier alpha value is -1.58. The second-order valence-electron chi connectivity index (χ2n) is 6.15.